The maximum Gasteiger partial charge on any atom is 0.275 e. The number of fused-ring (bicyclic) bond motifs is 2. The van der Waals surface area contributed by atoms with Crippen LogP contribution in [0.5, 0.6) is 0 Å². The molecule has 5 rings (SSSR count). The zero-order valence-electron chi connectivity index (χ0n) is 18.9. The number of halogens is 1. The highest BCUT2D eigenvalue weighted by molar-refractivity contribution is 6.20. The summed E-state index contributed by atoms with van der Waals surface area (Å²) in [7, 11) is 0. The van der Waals surface area contributed by atoms with Crippen molar-refractivity contribution in [2.24, 2.45) is 0 Å². The van der Waals surface area contributed by atoms with Crippen LogP contribution in [-0.4, -0.2) is 52.3 Å². The summed E-state index contributed by atoms with van der Waals surface area (Å²) in [5.74, 6) is 7.77. The van der Waals surface area contributed by atoms with E-state index in [1.165, 1.54) is 10.1 Å². The quantitative estimate of drug-likeness (QED) is 0.341. The molecule has 0 saturated carbocycles. The van der Waals surface area contributed by atoms with E-state index >= 15 is 0 Å². The number of nitrogen functional groups attached to an aromatic ring is 1. The Hall–Kier alpha value is -2.64. The number of nitrogens with zero attached hydrogens (tertiary/aromatic N) is 5. The molecule has 1 unspecified atom stereocenters. The summed E-state index contributed by atoms with van der Waals surface area (Å²) in [5.41, 5.74) is 2.38. The third kappa shape index (κ3) is 4.70. The molecule has 2 aliphatic rings. The topological polar surface area (TPSA) is 80.3 Å². The predicted octanol–water partition coefficient (Wildman–Crippen LogP) is 3.27. The van der Waals surface area contributed by atoms with Gasteiger partial charge in [-0.1, -0.05) is 18.2 Å². The van der Waals surface area contributed by atoms with Gasteiger partial charge < -0.3 is 10.7 Å². The van der Waals surface area contributed by atoms with Crippen molar-refractivity contribution >= 4 is 28.3 Å². The first-order valence-electron chi connectivity index (χ1n) is 12.0. The molecule has 1 fully saturated rings. The lowest BCUT2D eigenvalue weighted by molar-refractivity contribution is 0.252. The number of aromatic nitrogens is 3. The molecule has 0 bridgehead atoms. The van der Waals surface area contributed by atoms with Crippen molar-refractivity contribution in [3.63, 3.8) is 0 Å². The summed E-state index contributed by atoms with van der Waals surface area (Å²) in [6.07, 6.45) is 5.21. The minimum atomic E-state index is -0.171. The second-order valence-corrected chi connectivity index (χ2v) is 9.60. The van der Waals surface area contributed by atoms with Gasteiger partial charge in [-0.3, -0.25) is 9.69 Å². The number of alkyl halides is 1. The number of aryl methyl sites for hydroxylation is 1. The fourth-order valence-corrected chi connectivity index (χ4v) is 5.28. The Balaban J connectivity index is 1.11. The van der Waals surface area contributed by atoms with Gasteiger partial charge in [-0.05, 0) is 56.8 Å². The molecular formula is C25H31ClN6O. The van der Waals surface area contributed by atoms with Crippen LogP contribution in [-0.2, 0) is 12.8 Å². The summed E-state index contributed by atoms with van der Waals surface area (Å²) >= 11 is 6.42. The van der Waals surface area contributed by atoms with Crippen molar-refractivity contribution in [2.75, 3.05) is 43.5 Å². The lowest BCUT2D eigenvalue weighted by atomic mass is 9.96. The van der Waals surface area contributed by atoms with Crippen LogP contribution in [0.15, 0.2) is 41.2 Å². The van der Waals surface area contributed by atoms with Crippen molar-refractivity contribution in [1.82, 2.24) is 19.5 Å². The number of unbranched alkanes of at least 4 members (excludes halogenated alkanes) is 1. The van der Waals surface area contributed by atoms with Gasteiger partial charge in [0, 0.05) is 43.5 Å². The molecule has 0 spiro atoms. The number of pyridine rings is 1. The third-order valence-corrected chi connectivity index (χ3v) is 7.32. The smallest absolute Gasteiger partial charge is 0.275 e. The number of benzene rings is 1. The standard InChI is InChI=1S/C25H31ClN6O/c26-20-8-5-7-19-24(20)29-23(32(27)25(19)33)10-3-4-13-30-14-16-31(17-15-30)22-12-11-18-6-1-2-9-21(18)28-22/h1-2,6,9,11-12,20H,3-5,7-8,10,13-17,27H2. The average molecular weight is 467 g/mol. The van der Waals surface area contributed by atoms with Crippen LogP contribution in [0.4, 0.5) is 5.82 Å². The molecular weight excluding hydrogens is 436 g/mol. The first-order valence-corrected chi connectivity index (χ1v) is 12.4. The van der Waals surface area contributed by atoms with Gasteiger partial charge in [-0.2, -0.15) is 0 Å². The minimum Gasteiger partial charge on any atom is -0.354 e. The highest BCUT2D eigenvalue weighted by Crippen LogP contribution is 2.31. The summed E-state index contributed by atoms with van der Waals surface area (Å²) in [5, 5.41) is 1.01. The number of piperazine rings is 1. The van der Waals surface area contributed by atoms with Crippen LogP contribution in [0, 0.1) is 0 Å². The molecule has 1 aromatic carbocycles. The highest BCUT2D eigenvalue weighted by Gasteiger charge is 2.25. The molecule has 2 aromatic heterocycles. The Morgan fingerprint density at radius 1 is 1.03 bits per heavy atom. The monoisotopic (exact) mass is 466 g/mol. The van der Waals surface area contributed by atoms with Gasteiger partial charge in [-0.25, -0.2) is 14.6 Å². The van der Waals surface area contributed by atoms with E-state index in [1.807, 2.05) is 12.1 Å². The Morgan fingerprint density at radius 3 is 2.70 bits per heavy atom. The summed E-state index contributed by atoms with van der Waals surface area (Å²) in [6.45, 7) is 5.06. The maximum absolute atomic E-state index is 12.6. The van der Waals surface area contributed by atoms with Gasteiger partial charge in [-0.15, -0.1) is 11.6 Å². The maximum atomic E-state index is 12.6. The van der Waals surface area contributed by atoms with Crippen LogP contribution in [0.25, 0.3) is 10.9 Å². The summed E-state index contributed by atoms with van der Waals surface area (Å²) in [6, 6.07) is 12.5. The molecule has 2 N–H and O–H groups in total. The van der Waals surface area contributed by atoms with Gasteiger partial charge in [0.25, 0.3) is 5.56 Å². The number of nitrogens with two attached hydrogens (primary N) is 1. The van der Waals surface area contributed by atoms with Gasteiger partial charge in [0.1, 0.15) is 11.6 Å². The van der Waals surface area contributed by atoms with E-state index in [1.54, 1.807) is 0 Å². The van der Waals surface area contributed by atoms with Crippen molar-refractivity contribution in [1.29, 1.82) is 0 Å². The second kappa shape index (κ2) is 9.69. The van der Waals surface area contributed by atoms with Gasteiger partial charge >= 0.3 is 0 Å². The number of anilines is 1. The summed E-state index contributed by atoms with van der Waals surface area (Å²) in [4.78, 5) is 27.0. The largest absolute Gasteiger partial charge is 0.354 e. The molecule has 33 heavy (non-hydrogen) atoms. The van der Waals surface area contributed by atoms with Crippen LogP contribution >= 0.6 is 11.6 Å². The minimum absolute atomic E-state index is 0.126. The number of hydrogen-bond donors (Lipinski definition) is 1. The van der Waals surface area contributed by atoms with E-state index in [0.717, 1.165) is 81.9 Å². The van der Waals surface area contributed by atoms with Gasteiger partial charge in [0.2, 0.25) is 0 Å². The van der Waals surface area contributed by atoms with Crippen molar-refractivity contribution in [2.45, 2.75) is 43.9 Å². The summed E-state index contributed by atoms with van der Waals surface area (Å²) < 4.78 is 1.24. The second-order valence-electron chi connectivity index (χ2n) is 9.07. The molecule has 1 aliphatic heterocycles. The van der Waals surface area contributed by atoms with Crippen LogP contribution in [0.3, 0.4) is 0 Å². The van der Waals surface area contributed by atoms with E-state index < -0.39 is 0 Å². The third-order valence-electron chi connectivity index (χ3n) is 6.90. The molecule has 0 radical (unpaired) electrons. The van der Waals surface area contributed by atoms with E-state index in [-0.39, 0.29) is 10.9 Å². The number of para-hydroxylation sites is 1. The van der Waals surface area contributed by atoms with Crippen molar-refractivity contribution < 1.29 is 0 Å². The fourth-order valence-electron chi connectivity index (χ4n) is 4.95. The van der Waals surface area contributed by atoms with Crippen LogP contribution in [0.2, 0.25) is 0 Å². The van der Waals surface area contributed by atoms with Crippen LogP contribution in [0.1, 0.15) is 48.1 Å². The zero-order valence-corrected chi connectivity index (χ0v) is 19.7. The van der Waals surface area contributed by atoms with E-state index in [2.05, 4.69) is 39.0 Å². The molecule has 8 heteroatoms. The lowest BCUT2D eigenvalue weighted by Crippen LogP contribution is -2.46. The predicted molar refractivity (Wildman–Crippen MR) is 134 cm³/mol. The van der Waals surface area contributed by atoms with Gasteiger partial charge in [0.15, 0.2) is 0 Å². The van der Waals surface area contributed by atoms with E-state index in [0.29, 0.717) is 17.8 Å². The van der Waals surface area contributed by atoms with Crippen LogP contribution < -0.4 is 16.3 Å². The number of rotatable bonds is 6. The number of hydrogen-bond acceptors (Lipinski definition) is 6. The fraction of sp³-hybridized carbons (Fsp3) is 0.480. The Morgan fingerprint density at radius 2 is 1.85 bits per heavy atom. The van der Waals surface area contributed by atoms with E-state index in [4.69, 9.17) is 22.4 Å². The Kier molecular flexibility index (Phi) is 6.51. The van der Waals surface area contributed by atoms with Gasteiger partial charge in [0.05, 0.1) is 16.6 Å². The molecule has 0 amide bonds. The molecule has 3 heterocycles. The molecule has 174 valence electrons. The molecule has 1 atom stereocenters. The lowest BCUT2D eigenvalue weighted by Gasteiger charge is -2.35. The first kappa shape index (κ1) is 22.2. The molecule has 1 aliphatic carbocycles. The molecule has 7 nitrogen and oxygen atoms in total. The average Bonchev–Trinajstić information content (AvgIpc) is 2.85. The first-order chi connectivity index (χ1) is 16.1. The highest BCUT2D eigenvalue weighted by atomic mass is 35.5. The SMILES string of the molecule is Nn1c(CCCCN2CCN(c3ccc4ccccc4n3)CC2)nc2c(c1=O)CCCC2Cl. The van der Waals surface area contributed by atoms with Crippen molar-refractivity contribution in [3.05, 3.63) is 63.8 Å². The normalized spacial score (nSPS) is 19.1. The zero-order chi connectivity index (χ0) is 22.8. The van der Waals surface area contributed by atoms with E-state index in [9.17, 15) is 4.79 Å². The molecule has 1 saturated heterocycles. The Labute approximate surface area is 199 Å². The molecule has 3 aromatic rings. The van der Waals surface area contributed by atoms with Crippen molar-refractivity contribution in [3.8, 4) is 0 Å². The Bertz CT molecular complexity index is 1190.